The summed E-state index contributed by atoms with van der Waals surface area (Å²) in [6.07, 6.45) is 2.17. The third kappa shape index (κ3) is 5.25. The number of likely N-dealkylation sites (N-methyl/N-ethyl adjacent to an activating group) is 1. The number of likely N-dealkylation sites (tertiary alicyclic amines) is 1. The van der Waals surface area contributed by atoms with Crippen molar-refractivity contribution in [2.45, 2.75) is 59.2 Å². The molecule has 9 nitrogen and oxygen atoms in total. The molecule has 2 aromatic rings. The first-order chi connectivity index (χ1) is 20.0. The van der Waals surface area contributed by atoms with E-state index in [1.54, 1.807) is 24.3 Å². The number of anilines is 1. The third-order valence-electron chi connectivity index (χ3n) is 9.24. The van der Waals surface area contributed by atoms with Gasteiger partial charge in [-0.1, -0.05) is 35.3 Å². The van der Waals surface area contributed by atoms with Crippen molar-refractivity contribution in [1.29, 1.82) is 5.26 Å². The van der Waals surface area contributed by atoms with E-state index in [9.17, 15) is 23.3 Å². The Labute approximate surface area is 256 Å². The van der Waals surface area contributed by atoms with Crippen LogP contribution in [0.1, 0.15) is 37.7 Å². The number of amides is 2. The Bertz CT molecular complexity index is 1560. The van der Waals surface area contributed by atoms with Crippen molar-refractivity contribution in [3.05, 3.63) is 58.1 Å². The van der Waals surface area contributed by atoms with E-state index in [0.717, 1.165) is 37.4 Å². The van der Waals surface area contributed by atoms with Crippen LogP contribution in [0.3, 0.4) is 0 Å². The Morgan fingerprint density at radius 2 is 1.67 bits per heavy atom. The molecule has 2 heterocycles. The molecule has 2 saturated carbocycles. The van der Waals surface area contributed by atoms with Crippen molar-refractivity contribution >= 4 is 50.5 Å². The van der Waals surface area contributed by atoms with Gasteiger partial charge in [-0.15, -0.1) is 0 Å². The van der Waals surface area contributed by atoms with Crippen molar-refractivity contribution < 1.29 is 18.0 Å². The summed E-state index contributed by atoms with van der Waals surface area (Å²) in [7, 11) is -1.94. The highest BCUT2D eigenvalue weighted by Crippen LogP contribution is 2.51. The molecule has 2 saturated heterocycles. The van der Waals surface area contributed by atoms with Gasteiger partial charge in [-0.3, -0.25) is 9.59 Å². The highest BCUT2D eigenvalue weighted by molar-refractivity contribution is 7.92. The van der Waals surface area contributed by atoms with E-state index >= 15 is 0 Å². The van der Waals surface area contributed by atoms with Gasteiger partial charge in [0.25, 0.3) is 0 Å². The number of hydrogen-bond acceptors (Lipinski definition) is 7. The van der Waals surface area contributed by atoms with Gasteiger partial charge in [0.15, 0.2) is 9.84 Å². The molecular formula is C30H33Cl2N5O4S. The van der Waals surface area contributed by atoms with E-state index < -0.39 is 38.0 Å². The number of sulfone groups is 1. The fraction of sp³-hybridized carbons (Fsp3) is 0.500. The number of carbonyl (C=O) groups is 2. The molecule has 2 atom stereocenters. The van der Waals surface area contributed by atoms with E-state index in [-0.39, 0.29) is 28.8 Å². The summed E-state index contributed by atoms with van der Waals surface area (Å²) in [4.78, 5) is 33.5. The largest absolute Gasteiger partial charge is 0.369 e. The van der Waals surface area contributed by atoms with Gasteiger partial charge in [0.1, 0.15) is 11.6 Å². The average molecular weight is 631 g/mol. The summed E-state index contributed by atoms with van der Waals surface area (Å²) in [5.41, 5.74) is -0.118. The van der Waals surface area contributed by atoms with Crippen LogP contribution in [0.25, 0.3) is 0 Å². The average Bonchev–Trinajstić information content (AvgIpc) is 3.89. The lowest BCUT2D eigenvalue weighted by molar-refractivity contribution is -0.140. The van der Waals surface area contributed by atoms with E-state index in [4.69, 9.17) is 23.2 Å². The minimum atomic E-state index is -4.00. The van der Waals surface area contributed by atoms with Gasteiger partial charge < -0.3 is 20.0 Å². The number of benzene rings is 2. The maximum atomic E-state index is 14.1. The van der Waals surface area contributed by atoms with Gasteiger partial charge in [-0.2, -0.15) is 5.26 Å². The van der Waals surface area contributed by atoms with Crippen molar-refractivity contribution in [3.63, 3.8) is 0 Å². The van der Waals surface area contributed by atoms with Crippen molar-refractivity contribution in [2.75, 3.05) is 44.7 Å². The SMILES string of the molecule is CN1CCN(c2ccc(S(=O)(=O)C3CC(C(=O)NC4(C#N)CC4)N(C(=O)C4(c5ccc(Cl)cc5)CC4)C3)c(Cl)c2)CC1. The molecule has 4 fully saturated rings. The van der Waals surface area contributed by atoms with Crippen LogP contribution in [0.5, 0.6) is 0 Å². The fourth-order valence-corrected chi connectivity index (χ4v) is 8.52. The maximum Gasteiger partial charge on any atom is 0.244 e. The van der Waals surface area contributed by atoms with Crippen LogP contribution in [-0.2, 0) is 24.8 Å². The Morgan fingerprint density at radius 1 is 1.00 bits per heavy atom. The van der Waals surface area contributed by atoms with E-state index in [2.05, 4.69) is 28.2 Å². The minimum Gasteiger partial charge on any atom is -0.369 e. The molecule has 2 aliphatic carbocycles. The molecular weight excluding hydrogens is 597 g/mol. The van der Waals surface area contributed by atoms with Gasteiger partial charge in [0.2, 0.25) is 11.8 Å². The van der Waals surface area contributed by atoms with Gasteiger partial charge in [0.05, 0.1) is 26.7 Å². The third-order valence-corrected chi connectivity index (χ3v) is 12.1. The molecule has 42 heavy (non-hydrogen) atoms. The van der Waals surface area contributed by atoms with Crippen LogP contribution in [0.4, 0.5) is 5.69 Å². The number of nitrogens with zero attached hydrogens (tertiary/aromatic N) is 4. The fourth-order valence-electron chi connectivity index (χ4n) is 6.16. The summed E-state index contributed by atoms with van der Waals surface area (Å²) < 4.78 is 28.0. The smallest absolute Gasteiger partial charge is 0.244 e. The van der Waals surface area contributed by atoms with Crippen LogP contribution in [0.2, 0.25) is 10.0 Å². The molecule has 1 N–H and O–H groups in total. The maximum absolute atomic E-state index is 14.1. The number of hydrogen-bond donors (Lipinski definition) is 1. The molecule has 2 aliphatic heterocycles. The zero-order valence-electron chi connectivity index (χ0n) is 23.4. The second kappa shape index (κ2) is 10.7. The Kier molecular flexibility index (Phi) is 7.45. The number of nitrogens with one attached hydrogen (secondary N) is 1. The standard InChI is InChI=1S/C30H33Cl2N5O4S/c1-35-12-14-36(15-13-35)22-6-7-26(24(32)16-22)42(40,41)23-17-25(27(38)34-29(19-33)8-9-29)37(18-23)28(39)30(10-11-30)20-2-4-21(31)5-3-20/h2-7,16,23,25H,8-15,17-18H2,1H3,(H,34,38). The van der Waals surface area contributed by atoms with Crippen LogP contribution in [0.15, 0.2) is 47.4 Å². The number of nitriles is 1. The molecule has 222 valence electrons. The molecule has 2 unspecified atom stereocenters. The van der Waals surface area contributed by atoms with Crippen molar-refractivity contribution in [2.24, 2.45) is 0 Å². The van der Waals surface area contributed by atoms with Gasteiger partial charge in [-0.05, 0) is 75.0 Å². The second-order valence-corrected chi connectivity index (χ2v) is 15.1. The molecule has 6 rings (SSSR count). The summed E-state index contributed by atoms with van der Waals surface area (Å²) >= 11 is 12.7. The summed E-state index contributed by atoms with van der Waals surface area (Å²) in [6.45, 7) is 3.30. The Balaban J connectivity index is 1.28. The number of rotatable bonds is 7. The molecule has 0 aromatic heterocycles. The number of piperazine rings is 1. The zero-order valence-corrected chi connectivity index (χ0v) is 25.7. The van der Waals surface area contributed by atoms with Crippen LogP contribution in [-0.4, -0.2) is 86.6 Å². The lowest BCUT2D eigenvalue weighted by atomic mass is 9.94. The lowest BCUT2D eigenvalue weighted by Crippen LogP contribution is -2.51. The molecule has 4 aliphatic rings. The second-order valence-electron chi connectivity index (χ2n) is 12.1. The zero-order chi connectivity index (χ0) is 29.9. The van der Waals surface area contributed by atoms with Crippen LogP contribution >= 0.6 is 23.2 Å². The van der Waals surface area contributed by atoms with E-state index in [0.29, 0.717) is 30.7 Å². The number of halogens is 2. The van der Waals surface area contributed by atoms with Gasteiger partial charge in [-0.25, -0.2) is 8.42 Å². The molecule has 2 amide bonds. The first-order valence-electron chi connectivity index (χ1n) is 14.3. The van der Waals surface area contributed by atoms with Gasteiger partial charge in [0, 0.05) is 43.4 Å². The van der Waals surface area contributed by atoms with Gasteiger partial charge >= 0.3 is 0 Å². The van der Waals surface area contributed by atoms with Crippen LogP contribution in [0, 0.1) is 11.3 Å². The van der Waals surface area contributed by atoms with E-state index in [1.165, 1.54) is 11.0 Å². The molecule has 2 aromatic carbocycles. The Morgan fingerprint density at radius 3 is 2.24 bits per heavy atom. The quantitative estimate of drug-likeness (QED) is 0.499. The predicted octanol–water partition coefficient (Wildman–Crippen LogP) is 3.39. The molecule has 12 heteroatoms. The van der Waals surface area contributed by atoms with Crippen LogP contribution < -0.4 is 10.2 Å². The molecule has 0 bridgehead atoms. The Hall–Kier alpha value is -2.84. The summed E-state index contributed by atoms with van der Waals surface area (Å²) in [5.74, 6) is -0.774. The minimum absolute atomic E-state index is 0.00461. The van der Waals surface area contributed by atoms with E-state index in [1.807, 2.05) is 12.1 Å². The summed E-state index contributed by atoms with van der Waals surface area (Å²) in [6, 6.07) is 13.2. The molecule has 0 radical (unpaired) electrons. The first kappa shape index (κ1) is 29.2. The first-order valence-corrected chi connectivity index (χ1v) is 16.6. The lowest BCUT2D eigenvalue weighted by Gasteiger charge is -2.34. The van der Waals surface area contributed by atoms with Crippen molar-refractivity contribution in [3.8, 4) is 6.07 Å². The highest BCUT2D eigenvalue weighted by atomic mass is 35.5. The predicted molar refractivity (Wildman–Crippen MR) is 160 cm³/mol. The van der Waals surface area contributed by atoms with Crippen molar-refractivity contribution in [1.82, 2.24) is 15.1 Å². The topological polar surface area (TPSA) is 114 Å². The monoisotopic (exact) mass is 629 g/mol. The molecule has 0 spiro atoms. The summed E-state index contributed by atoms with van der Waals surface area (Å²) in [5, 5.41) is 12.0. The number of carbonyl (C=O) groups excluding carboxylic acids is 2. The normalized spacial score (nSPS) is 24.6. The highest BCUT2D eigenvalue weighted by Gasteiger charge is 2.58.